The Hall–Kier alpha value is -2.34. The summed E-state index contributed by atoms with van der Waals surface area (Å²) in [5.74, 6) is 0. The van der Waals surface area contributed by atoms with Crippen molar-refractivity contribution >= 4 is 12.2 Å². The highest BCUT2D eigenvalue weighted by Crippen LogP contribution is 2.26. The van der Waals surface area contributed by atoms with E-state index in [1.54, 1.807) is 0 Å². The van der Waals surface area contributed by atoms with Gasteiger partial charge in [0.2, 0.25) is 0 Å². The zero-order chi connectivity index (χ0) is 16.3. The van der Waals surface area contributed by atoms with Crippen LogP contribution in [0.25, 0.3) is 12.2 Å². The van der Waals surface area contributed by atoms with E-state index in [2.05, 4.69) is 86.3 Å². The molecule has 0 nitrogen and oxygen atoms in total. The van der Waals surface area contributed by atoms with Crippen LogP contribution in [0.5, 0.6) is 0 Å². The summed E-state index contributed by atoms with van der Waals surface area (Å²) in [5, 5.41) is 0. The van der Waals surface area contributed by atoms with Gasteiger partial charge in [0.1, 0.15) is 0 Å². The maximum atomic E-state index is 3.94. The monoisotopic (exact) mass is 302 g/mol. The van der Waals surface area contributed by atoms with Gasteiger partial charge in [-0.05, 0) is 41.5 Å². The Morgan fingerprint density at radius 3 is 1.83 bits per heavy atom. The minimum absolute atomic E-state index is 0.900. The second-order valence-corrected chi connectivity index (χ2v) is 5.76. The number of rotatable bonds is 8. The van der Waals surface area contributed by atoms with Crippen LogP contribution in [-0.2, 0) is 0 Å². The first-order chi connectivity index (χ1) is 11.3. The molecule has 0 aliphatic heterocycles. The van der Waals surface area contributed by atoms with Crippen molar-refractivity contribution in [1.82, 2.24) is 0 Å². The number of hydrogen-bond acceptors (Lipinski definition) is 0. The van der Waals surface area contributed by atoms with Gasteiger partial charge < -0.3 is 0 Å². The fraction of sp³-hybridized carbons (Fsp3) is 0.217. The molecule has 0 heterocycles. The molecule has 118 valence electrons. The molecule has 0 heteroatoms. The summed E-state index contributed by atoms with van der Waals surface area (Å²) in [4.78, 5) is 0. The van der Waals surface area contributed by atoms with E-state index < -0.39 is 0 Å². The van der Waals surface area contributed by atoms with E-state index in [9.17, 15) is 0 Å². The van der Waals surface area contributed by atoms with Gasteiger partial charge in [0.15, 0.2) is 0 Å². The van der Waals surface area contributed by atoms with Crippen molar-refractivity contribution in [3.05, 3.63) is 95.6 Å². The molecule has 23 heavy (non-hydrogen) atoms. The van der Waals surface area contributed by atoms with Gasteiger partial charge in [-0.1, -0.05) is 92.2 Å². The number of benzene rings is 2. The second kappa shape index (κ2) is 9.63. The lowest BCUT2D eigenvalue weighted by atomic mass is 9.93. The highest BCUT2D eigenvalue weighted by atomic mass is 14.1. The predicted octanol–water partition coefficient (Wildman–Crippen LogP) is 6.92. The lowest BCUT2D eigenvalue weighted by Crippen LogP contribution is -1.91. The van der Waals surface area contributed by atoms with E-state index in [0.29, 0.717) is 0 Å². The lowest BCUT2D eigenvalue weighted by Gasteiger charge is -2.12. The van der Waals surface area contributed by atoms with Crippen molar-refractivity contribution in [3.63, 3.8) is 0 Å². The molecular weight excluding hydrogens is 276 g/mol. The Balaban J connectivity index is 2.38. The molecule has 0 amide bonds. The predicted molar refractivity (Wildman–Crippen MR) is 103 cm³/mol. The van der Waals surface area contributed by atoms with Crippen molar-refractivity contribution < 1.29 is 0 Å². The van der Waals surface area contributed by atoms with Crippen LogP contribution in [0.2, 0.25) is 0 Å². The minimum Gasteiger partial charge on any atom is -0.103 e. The van der Waals surface area contributed by atoms with Crippen molar-refractivity contribution in [2.75, 3.05) is 0 Å². The fourth-order valence-corrected chi connectivity index (χ4v) is 2.63. The molecule has 0 fully saturated rings. The average Bonchev–Trinajstić information content (AvgIpc) is 2.60. The smallest absolute Gasteiger partial charge is 0.00972 e. The molecule has 2 aromatic rings. The van der Waals surface area contributed by atoms with Gasteiger partial charge in [-0.3, -0.25) is 0 Å². The largest absolute Gasteiger partial charge is 0.103 e. The normalized spacial score (nSPS) is 12.2. The van der Waals surface area contributed by atoms with Gasteiger partial charge in [-0.25, -0.2) is 0 Å². The van der Waals surface area contributed by atoms with Crippen LogP contribution >= 0.6 is 0 Å². The summed E-state index contributed by atoms with van der Waals surface area (Å²) >= 11 is 0. The van der Waals surface area contributed by atoms with Gasteiger partial charge in [0.25, 0.3) is 0 Å². The summed E-state index contributed by atoms with van der Waals surface area (Å²) in [7, 11) is 0. The van der Waals surface area contributed by atoms with Crippen LogP contribution in [0, 0.1) is 0 Å². The van der Waals surface area contributed by atoms with E-state index in [-0.39, 0.29) is 0 Å². The van der Waals surface area contributed by atoms with Crippen molar-refractivity contribution in [1.29, 1.82) is 0 Å². The molecule has 0 bridgehead atoms. The lowest BCUT2D eigenvalue weighted by molar-refractivity contribution is 0.792. The maximum absolute atomic E-state index is 3.94. The standard InChI is InChI=1S/C23H26/c1-3-5-17-23(19-21-15-10-7-11-16-21)22(12-4-2)18-20-13-8-6-9-14-20/h4,6-11,13-16,18-19H,2-3,5,12,17H2,1H3/b22-18-,23-19+. The Kier molecular flexibility index (Phi) is 7.13. The summed E-state index contributed by atoms with van der Waals surface area (Å²) in [6.45, 7) is 6.19. The van der Waals surface area contributed by atoms with Crippen LogP contribution in [0.3, 0.4) is 0 Å². The van der Waals surface area contributed by atoms with E-state index in [1.165, 1.54) is 35.1 Å². The van der Waals surface area contributed by atoms with Crippen LogP contribution in [0.15, 0.2) is 84.5 Å². The van der Waals surface area contributed by atoms with Gasteiger partial charge >= 0.3 is 0 Å². The maximum Gasteiger partial charge on any atom is -0.00972 e. The molecule has 0 N–H and O–H groups in total. The van der Waals surface area contributed by atoms with E-state index in [1.807, 2.05) is 6.08 Å². The number of hydrogen-bond donors (Lipinski definition) is 0. The molecule has 2 aromatic carbocycles. The summed E-state index contributed by atoms with van der Waals surface area (Å²) in [6.07, 6.45) is 11.1. The van der Waals surface area contributed by atoms with E-state index in [4.69, 9.17) is 0 Å². The quantitative estimate of drug-likeness (QED) is 0.367. The number of allylic oxidation sites excluding steroid dienone is 3. The molecular formula is C23H26. The third-order valence-corrected chi connectivity index (χ3v) is 3.86. The topological polar surface area (TPSA) is 0 Å². The molecule has 0 saturated carbocycles. The van der Waals surface area contributed by atoms with Crippen molar-refractivity contribution in [2.24, 2.45) is 0 Å². The molecule has 0 radical (unpaired) electrons. The van der Waals surface area contributed by atoms with Gasteiger partial charge in [-0.15, -0.1) is 6.58 Å². The Labute approximate surface area is 140 Å². The second-order valence-electron chi connectivity index (χ2n) is 5.76. The third-order valence-electron chi connectivity index (χ3n) is 3.86. The van der Waals surface area contributed by atoms with Crippen LogP contribution < -0.4 is 0 Å². The molecule has 0 atom stereocenters. The van der Waals surface area contributed by atoms with Crippen molar-refractivity contribution in [3.8, 4) is 0 Å². The van der Waals surface area contributed by atoms with Gasteiger partial charge in [0.05, 0.1) is 0 Å². The number of unbranched alkanes of at least 4 members (excludes halogenated alkanes) is 1. The molecule has 0 unspecified atom stereocenters. The first-order valence-electron chi connectivity index (χ1n) is 8.46. The summed E-state index contributed by atoms with van der Waals surface area (Å²) in [5.41, 5.74) is 5.30. The SMILES string of the molecule is C=CCC(=C/c1ccccc1)/C(=C/c1ccccc1)CCCC. The van der Waals surface area contributed by atoms with Gasteiger partial charge in [-0.2, -0.15) is 0 Å². The van der Waals surface area contributed by atoms with Crippen LogP contribution in [-0.4, -0.2) is 0 Å². The molecule has 0 saturated heterocycles. The zero-order valence-electron chi connectivity index (χ0n) is 14.0. The molecule has 0 aromatic heterocycles. The van der Waals surface area contributed by atoms with Crippen LogP contribution in [0.4, 0.5) is 0 Å². The molecule has 0 aliphatic carbocycles. The van der Waals surface area contributed by atoms with E-state index >= 15 is 0 Å². The average molecular weight is 302 g/mol. The van der Waals surface area contributed by atoms with E-state index in [0.717, 1.165) is 12.8 Å². The molecule has 2 rings (SSSR count). The highest BCUT2D eigenvalue weighted by molar-refractivity contribution is 5.66. The Bertz CT molecular complexity index is 645. The third kappa shape index (κ3) is 5.75. The summed E-state index contributed by atoms with van der Waals surface area (Å²) in [6, 6.07) is 21.1. The Morgan fingerprint density at radius 1 is 0.826 bits per heavy atom. The van der Waals surface area contributed by atoms with Crippen molar-refractivity contribution in [2.45, 2.75) is 32.6 Å². The van der Waals surface area contributed by atoms with Crippen LogP contribution in [0.1, 0.15) is 43.7 Å². The molecule has 0 spiro atoms. The first kappa shape index (κ1) is 17.0. The molecule has 0 aliphatic rings. The zero-order valence-corrected chi connectivity index (χ0v) is 14.0. The minimum atomic E-state index is 0.900. The fourth-order valence-electron chi connectivity index (χ4n) is 2.63. The summed E-state index contributed by atoms with van der Waals surface area (Å²) < 4.78 is 0. The Morgan fingerprint density at radius 2 is 1.35 bits per heavy atom. The first-order valence-corrected chi connectivity index (χ1v) is 8.46. The highest BCUT2D eigenvalue weighted by Gasteiger charge is 2.05. The van der Waals surface area contributed by atoms with Gasteiger partial charge in [0, 0.05) is 0 Å².